The van der Waals surface area contributed by atoms with Crippen LogP contribution in [0.25, 0.3) is 11.1 Å². The zero-order valence-corrected chi connectivity index (χ0v) is 9.98. The fraction of sp³-hybridized carbons (Fsp3) is 0.333. The van der Waals surface area contributed by atoms with Crippen molar-refractivity contribution in [2.45, 2.75) is 13.8 Å². The minimum absolute atomic E-state index is 0.641. The van der Waals surface area contributed by atoms with Crippen LogP contribution in [-0.4, -0.2) is 21.9 Å². The van der Waals surface area contributed by atoms with Crippen LogP contribution in [0.4, 0.5) is 0 Å². The van der Waals surface area contributed by atoms with Crippen LogP contribution in [0.5, 0.6) is 5.88 Å². The van der Waals surface area contributed by atoms with E-state index in [0.717, 1.165) is 22.4 Å². The maximum atomic E-state index is 5.09. The van der Waals surface area contributed by atoms with Gasteiger partial charge in [-0.1, -0.05) is 0 Å². The van der Waals surface area contributed by atoms with Crippen LogP contribution in [0.3, 0.4) is 0 Å². The summed E-state index contributed by atoms with van der Waals surface area (Å²) >= 11 is 0. The summed E-state index contributed by atoms with van der Waals surface area (Å²) in [5, 5.41) is 4.33. The van der Waals surface area contributed by atoms with Gasteiger partial charge >= 0.3 is 0 Å². The largest absolute Gasteiger partial charge is 0.481 e. The van der Waals surface area contributed by atoms with Crippen molar-refractivity contribution in [3.8, 4) is 17.0 Å². The maximum absolute atomic E-state index is 5.09. The Morgan fingerprint density at radius 2 is 2.00 bits per heavy atom. The average Bonchev–Trinajstić information content (AvgIpc) is 2.57. The van der Waals surface area contributed by atoms with Crippen molar-refractivity contribution in [2.75, 3.05) is 7.11 Å². The van der Waals surface area contributed by atoms with Gasteiger partial charge in [0.1, 0.15) is 0 Å². The van der Waals surface area contributed by atoms with Crippen LogP contribution in [0.15, 0.2) is 18.5 Å². The lowest BCUT2D eigenvalue weighted by atomic mass is 10.0. The molecule has 2 aromatic rings. The van der Waals surface area contributed by atoms with Gasteiger partial charge in [-0.3, -0.25) is 4.68 Å². The Labute approximate surface area is 94.9 Å². The molecule has 0 saturated heterocycles. The van der Waals surface area contributed by atoms with Crippen LogP contribution < -0.4 is 4.74 Å². The molecule has 0 fully saturated rings. The van der Waals surface area contributed by atoms with Gasteiger partial charge in [0.05, 0.1) is 12.8 Å². The Balaban J connectivity index is 2.52. The third-order valence-electron chi connectivity index (χ3n) is 2.60. The zero-order valence-electron chi connectivity index (χ0n) is 9.98. The summed E-state index contributed by atoms with van der Waals surface area (Å²) in [6.07, 6.45) is 3.84. The molecule has 0 aliphatic heterocycles. The number of aromatic nitrogens is 3. The molecular weight excluding hydrogens is 202 g/mol. The van der Waals surface area contributed by atoms with E-state index in [0.29, 0.717) is 5.88 Å². The highest BCUT2D eigenvalue weighted by Gasteiger charge is 2.09. The highest BCUT2D eigenvalue weighted by atomic mass is 16.5. The van der Waals surface area contributed by atoms with E-state index in [4.69, 9.17) is 4.74 Å². The maximum Gasteiger partial charge on any atom is 0.213 e. The normalized spacial score (nSPS) is 10.5. The van der Waals surface area contributed by atoms with E-state index in [9.17, 15) is 0 Å². The lowest BCUT2D eigenvalue weighted by Crippen LogP contribution is -1.91. The van der Waals surface area contributed by atoms with E-state index >= 15 is 0 Å². The van der Waals surface area contributed by atoms with Gasteiger partial charge in [0.25, 0.3) is 0 Å². The number of pyridine rings is 1. The van der Waals surface area contributed by atoms with Crippen LogP contribution in [-0.2, 0) is 7.05 Å². The molecule has 4 heteroatoms. The van der Waals surface area contributed by atoms with Gasteiger partial charge in [-0.15, -0.1) is 0 Å². The summed E-state index contributed by atoms with van der Waals surface area (Å²) < 4.78 is 6.90. The lowest BCUT2D eigenvalue weighted by Gasteiger charge is -2.05. The predicted molar refractivity (Wildman–Crippen MR) is 62.5 cm³/mol. The van der Waals surface area contributed by atoms with Crippen molar-refractivity contribution >= 4 is 0 Å². The molecule has 84 valence electrons. The molecule has 2 rings (SSSR count). The average molecular weight is 217 g/mol. The molecule has 2 aromatic heterocycles. The molecule has 2 heterocycles. The third kappa shape index (κ3) is 1.78. The van der Waals surface area contributed by atoms with Gasteiger partial charge in [0.15, 0.2) is 0 Å². The van der Waals surface area contributed by atoms with E-state index in [-0.39, 0.29) is 0 Å². The van der Waals surface area contributed by atoms with Crippen molar-refractivity contribution in [3.05, 3.63) is 29.7 Å². The number of ether oxygens (including phenoxy) is 1. The Bertz CT molecular complexity index is 517. The molecule has 16 heavy (non-hydrogen) atoms. The Morgan fingerprint density at radius 3 is 2.50 bits per heavy atom. The first-order valence-electron chi connectivity index (χ1n) is 5.13. The van der Waals surface area contributed by atoms with Gasteiger partial charge in [0.2, 0.25) is 5.88 Å². The molecule has 0 unspecified atom stereocenters. The van der Waals surface area contributed by atoms with Crippen molar-refractivity contribution in [1.82, 2.24) is 14.8 Å². The van der Waals surface area contributed by atoms with Crippen LogP contribution >= 0.6 is 0 Å². The number of hydrogen-bond acceptors (Lipinski definition) is 3. The molecule has 4 nitrogen and oxygen atoms in total. The summed E-state index contributed by atoms with van der Waals surface area (Å²) in [5.74, 6) is 0.641. The monoisotopic (exact) mass is 217 g/mol. The first-order chi connectivity index (χ1) is 7.61. The quantitative estimate of drug-likeness (QED) is 0.773. The second-order valence-corrected chi connectivity index (χ2v) is 3.84. The number of rotatable bonds is 2. The van der Waals surface area contributed by atoms with Gasteiger partial charge in [0, 0.05) is 36.6 Å². The van der Waals surface area contributed by atoms with E-state index in [1.54, 1.807) is 7.11 Å². The molecular formula is C12H15N3O. The highest BCUT2D eigenvalue weighted by molar-refractivity contribution is 5.68. The van der Waals surface area contributed by atoms with Gasteiger partial charge in [-0.25, -0.2) is 4.98 Å². The van der Waals surface area contributed by atoms with Crippen LogP contribution in [0.2, 0.25) is 0 Å². The van der Waals surface area contributed by atoms with E-state index in [1.165, 1.54) is 0 Å². The van der Waals surface area contributed by atoms with Gasteiger partial charge in [-0.2, -0.15) is 5.10 Å². The third-order valence-corrected chi connectivity index (χ3v) is 2.60. The molecule has 0 spiro atoms. The molecule has 0 N–H and O–H groups in total. The Hall–Kier alpha value is -1.84. The molecule has 0 bridgehead atoms. The second kappa shape index (κ2) is 3.96. The van der Waals surface area contributed by atoms with Crippen LogP contribution in [0.1, 0.15) is 11.3 Å². The minimum atomic E-state index is 0.641. The van der Waals surface area contributed by atoms with E-state index in [1.807, 2.05) is 44.0 Å². The fourth-order valence-electron chi connectivity index (χ4n) is 1.79. The summed E-state index contributed by atoms with van der Waals surface area (Å²) in [4.78, 5) is 4.23. The molecule has 0 radical (unpaired) electrons. The Morgan fingerprint density at radius 1 is 1.25 bits per heavy atom. The van der Waals surface area contributed by atoms with Gasteiger partial charge in [-0.05, 0) is 19.4 Å². The summed E-state index contributed by atoms with van der Waals surface area (Å²) in [6.45, 7) is 4.05. The predicted octanol–water partition coefficient (Wildman–Crippen LogP) is 2.11. The summed E-state index contributed by atoms with van der Waals surface area (Å²) in [7, 11) is 3.54. The number of methoxy groups -OCH3 is 1. The van der Waals surface area contributed by atoms with Crippen molar-refractivity contribution in [2.24, 2.45) is 7.05 Å². The van der Waals surface area contributed by atoms with E-state index < -0.39 is 0 Å². The summed E-state index contributed by atoms with van der Waals surface area (Å²) in [6, 6.07) is 1.93. The fourth-order valence-corrected chi connectivity index (χ4v) is 1.79. The molecule has 0 aliphatic rings. The molecule has 0 atom stereocenters. The SMILES string of the molecule is COc1cc(C)c(-c2cn(C)nc2C)cn1. The number of nitrogens with zero attached hydrogens (tertiary/aromatic N) is 3. The standard InChI is InChI=1S/C12H15N3O/c1-8-5-12(16-4)13-6-10(8)11-7-15(3)14-9(11)2/h5-7H,1-4H3. The lowest BCUT2D eigenvalue weighted by molar-refractivity contribution is 0.397. The topological polar surface area (TPSA) is 39.9 Å². The van der Waals surface area contributed by atoms with Crippen molar-refractivity contribution in [1.29, 1.82) is 0 Å². The van der Waals surface area contributed by atoms with Crippen molar-refractivity contribution < 1.29 is 4.74 Å². The highest BCUT2D eigenvalue weighted by Crippen LogP contribution is 2.26. The van der Waals surface area contributed by atoms with Crippen LogP contribution in [0, 0.1) is 13.8 Å². The Kier molecular flexibility index (Phi) is 2.64. The first kappa shape index (κ1) is 10.7. The smallest absolute Gasteiger partial charge is 0.213 e. The number of hydrogen-bond donors (Lipinski definition) is 0. The number of aryl methyl sites for hydroxylation is 3. The van der Waals surface area contributed by atoms with Crippen molar-refractivity contribution in [3.63, 3.8) is 0 Å². The van der Waals surface area contributed by atoms with Gasteiger partial charge < -0.3 is 4.74 Å². The minimum Gasteiger partial charge on any atom is -0.481 e. The second-order valence-electron chi connectivity index (χ2n) is 3.84. The summed E-state index contributed by atoms with van der Waals surface area (Å²) in [5.41, 5.74) is 4.38. The molecule has 0 amide bonds. The first-order valence-corrected chi connectivity index (χ1v) is 5.13. The van der Waals surface area contributed by atoms with E-state index in [2.05, 4.69) is 10.1 Å². The zero-order chi connectivity index (χ0) is 11.7. The molecule has 0 aromatic carbocycles. The molecule has 0 saturated carbocycles. The molecule has 0 aliphatic carbocycles.